The summed E-state index contributed by atoms with van der Waals surface area (Å²) in [6.45, 7) is 0. The van der Waals surface area contributed by atoms with E-state index in [1.807, 2.05) is 0 Å². The van der Waals surface area contributed by atoms with E-state index < -0.39 is 11.6 Å². The molecule has 2 aliphatic rings. The molecule has 0 radical (unpaired) electrons. The average molecular weight is 287 g/mol. The Labute approximate surface area is 114 Å². The fourth-order valence-electron chi connectivity index (χ4n) is 2.99. The van der Waals surface area contributed by atoms with E-state index in [9.17, 15) is 13.6 Å². The van der Waals surface area contributed by atoms with E-state index in [2.05, 4.69) is 10.6 Å². The van der Waals surface area contributed by atoms with Gasteiger partial charge in [0.1, 0.15) is 5.82 Å². The van der Waals surface area contributed by atoms with Crippen molar-refractivity contribution in [1.82, 2.24) is 5.32 Å². The van der Waals surface area contributed by atoms with Crippen LogP contribution in [0.25, 0.3) is 0 Å². The molecule has 1 aromatic carbocycles. The third-order valence-corrected chi connectivity index (χ3v) is 4.19. The van der Waals surface area contributed by atoms with Gasteiger partial charge in [0.15, 0.2) is 5.82 Å². The second-order valence-electron chi connectivity index (χ2n) is 5.12. The Morgan fingerprint density at radius 3 is 2.74 bits per heavy atom. The van der Waals surface area contributed by atoms with Gasteiger partial charge in [0.25, 0.3) is 0 Å². The van der Waals surface area contributed by atoms with Gasteiger partial charge in [-0.2, -0.15) is 0 Å². The smallest absolute Gasteiger partial charge is 0.229 e. The highest BCUT2D eigenvalue weighted by atomic mass is 35.5. The molecule has 19 heavy (non-hydrogen) atoms. The third kappa shape index (κ3) is 2.32. The fraction of sp³-hybridized carbons (Fsp3) is 0.462. The molecule has 2 N–H and O–H groups in total. The van der Waals surface area contributed by atoms with Crippen LogP contribution >= 0.6 is 11.6 Å². The van der Waals surface area contributed by atoms with Crippen molar-refractivity contribution in [2.45, 2.75) is 31.3 Å². The molecule has 2 aliphatic heterocycles. The number of halogens is 3. The van der Waals surface area contributed by atoms with Gasteiger partial charge in [-0.15, -0.1) is 0 Å². The third-order valence-electron chi connectivity index (χ3n) is 3.89. The lowest BCUT2D eigenvalue weighted by atomic mass is 9.88. The molecule has 102 valence electrons. The van der Waals surface area contributed by atoms with E-state index in [4.69, 9.17) is 11.6 Å². The standard InChI is InChI=1S/C13H13ClF2N2O/c14-9-3-6(15)4-10(16)12(9)18-13(19)8-5-7-1-2-11(8)17-7/h3-4,7-8,11,17H,1-2,5H2,(H,18,19). The van der Waals surface area contributed by atoms with E-state index in [1.54, 1.807) is 0 Å². The zero-order valence-corrected chi connectivity index (χ0v) is 10.8. The van der Waals surface area contributed by atoms with Gasteiger partial charge in [-0.05, 0) is 25.3 Å². The SMILES string of the molecule is O=C(Nc1c(F)cc(F)cc1Cl)C1CC2CCC1N2. The zero-order valence-electron chi connectivity index (χ0n) is 10.1. The van der Waals surface area contributed by atoms with Crippen LogP contribution in [0.4, 0.5) is 14.5 Å². The van der Waals surface area contributed by atoms with Crippen molar-refractivity contribution in [2.75, 3.05) is 5.32 Å². The molecular weight excluding hydrogens is 274 g/mol. The van der Waals surface area contributed by atoms with E-state index in [-0.39, 0.29) is 28.6 Å². The number of fused-ring (bicyclic) bond motifs is 2. The van der Waals surface area contributed by atoms with Crippen molar-refractivity contribution in [3.05, 3.63) is 28.8 Å². The number of carbonyl (C=O) groups is 1. The minimum atomic E-state index is -0.852. The van der Waals surface area contributed by atoms with Crippen LogP contribution in [0.5, 0.6) is 0 Å². The molecule has 2 saturated heterocycles. The molecule has 0 spiro atoms. The Hall–Kier alpha value is -1.20. The normalized spacial score (nSPS) is 28.7. The molecule has 3 rings (SSSR count). The quantitative estimate of drug-likeness (QED) is 0.878. The number of nitrogens with one attached hydrogen (secondary N) is 2. The second kappa shape index (κ2) is 4.72. The first-order valence-corrected chi connectivity index (χ1v) is 6.64. The van der Waals surface area contributed by atoms with E-state index >= 15 is 0 Å². The molecule has 2 heterocycles. The molecule has 2 bridgehead atoms. The van der Waals surface area contributed by atoms with Gasteiger partial charge < -0.3 is 10.6 Å². The number of hydrogen-bond acceptors (Lipinski definition) is 2. The Bertz CT molecular complexity index is 514. The summed E-state index contributed by atoms with van der Waals surface area (Å²) < 4.78 is 26.5. The van der Waals surface area contributed by atoms with E-state index in [0.717, 1.165) is 25.3 Å². The number of amides is 1. The van der Waals surface area contributed by atoms with Crippen LogP contribution in [0.3, 0.4) is 0 Å². The van der Waals surface area contributed by atoms with Gasteiger partial charge in [0.2, 0.25) is 5.91 Å². The molecular formula is C13H13ClF2N2O. The first-order chi connectivity index (χ1) is 9.04. The van der Waals surface area contributed by atoms with Crippen molar-refractivity contribution >= 4 is 23.2 Å². The number of rotatable bonds is 2. The molecule has 0 aromatic heterocycles. The minimum absolute atomic E-state index is 0.123. The lowest BCUT2D eigenvalue weighted by Gasteiger charge is -2.20. The topological polar surface area (TPSA) is 41.1 Å². The number of benzene rings is 1. The maximum atomic E-state index is 13.6. The summed E-state index contributed by atoms with van der Waals surface area (Å²) in [6.07, 6.45) is 2.80. The van der Waals surface area contributed by atoms with Crippen LogP contribution in [-0.4, -0.2) is 18.0 Å². The second-order valence-corrected chi connectivity index (χ2v) is 5.53. The monoisotopic (exact) mass is 286 g/mol. The maximum absolute atomic E-state index is 13.6. The summed E-state index contributed by atoms with van der Waals surface area (Å²) in [4.78, 5) is 12.1. The van der Waals surface area contributed by atoms with Crippen molar-refractivity contribution in [3.63, 3.8) is 0 Å². The van der Waals surface area contributed by atoms with Crippen LogP contribution in [0.2, 0.25) is 5.02 Å². The maximum Gasteiger partial charge on any atom is 0.229 e. The predicted molar refractivity (Wildman–Crippen MR) is 68.1 cm³/mol. The largest absolute Gasteiger partial charge is 0.322 e. The molecule has 1 amide bonds. The van der Waals surface area contributed by atoms with Gasteiger partial charge in [0, 0.05) is 18.2 Å². The Kier molecular flexibility index (Phi) is 3.19. The summed E-state index contributed by atoms with van der Waals surface area (Å²) in [6, 6.07) is 2.24. The minimum Gasteiger partial charge on any atom is -0.322 e. The van der Waals surface area contributed by atoms with Crippen LogP contribution in [0, 0.1) is 17.6 Å². The summed E-state index contributed by atoms with van der Waals surface area (Å²) in [7, 11) is 0. The fourth-order valence-corrected chi connectivity index (χ4v) is 3.23. The first-order valence-electron chi connectivity index (χ1n) is 6.26. The lowest BCUT2D eigenvalue weighted by Crippen LogP contribution is -2.33. The average Bonchev–Trinajstić information content (AvgIpc) is 2.95. The highest BCUT2D eigenvalue weighted by Crippen LogP contribution is 2.35. The Balaban J connectivity index is 1.77. The van der Waals surface area contributed by atoms with E-state index in [0.29, 0.717) is 12.1 Å². The first kappa shape index (κ1) is 12.8. The van der Waals surface area contributed by atoms with Gasteiger partial charge in [-0.25, -0.2) is 8.78 Å². The Morgan fingerprint density at radius 1 is 1.37 bits per heavy atom. The van der Waals surface area contributed by atoms with Crippen LogP contribution in [-0.2, 0) is 4.79 Å². The molecule has 1 aromatic rings. The van der Waals surface area contributed by atoms with Gasteiger partial charge in [0.05, 0.1) is 16.6 Å². The van der Waals surface area contributed by atoms with Gasteiger partial charge in [-0.3, -0.25) is 4.79 Å². The highest BCUT2D eigenvalue weighted by Gasteiger charge is 2.42. The highest BCUT2D eigenvalue weighted by molar-refractivity contribution is 6.33. The van der Waals surface area contributed by atoms with Gasteiger partial charge >= 0.3 is 0 Å². The molecule has 3 atom stereocenters. The van der Waals surface area contributed by atoms with Gasteiger partial charge in [-0.1, -0.05) is 11.6 Å². The zero-order chi connectivity index (χ0) is 13.6. The number of hydrogen-bond donors (Lipinski definition) is 2. The predicted octanol–water partition coefficient (Wildman–Crippen LogP) is 2.70. The lowest BCUT2D eigenvalue weighted by molar-refractivity contribution is -0.120. The number of anilines is 1. The van der Waals surface area contributed by atoms with Crippen LogP contribution in [0.15, 0.2) is 12.1 Å². The summed E-state index contributed by atoms with van der Waals surface area (Å²) in [5.41, 5.74) is -0.143. The molecule has 0 saturated carbocycles. The van der Waals surface area contributed by atoms with Crippen molar-refractivity contribution in [2.24, 2.45) is 5.92 Å². The Morgan fingerprint density at radius 2 is 2.16 bits per heavy atom. The van der Waals surface area contributed by atoms with Crippen molar-refractivity contribution < 1.29 is 13.6 Å². The molecule has 0 aliphatic carbocycles. The molecule has 6 heteroatoms. The summed E-state index contributed by atoms with van der Waals surface area (Å²) in [5, 5.41) is 5.69. The molecule has 3 unspecified atom stereocenters. The van der Waals surface area contributed by atoms with Crippen LogP contribution in [0.1, 0.15) is 19.3 Å². The van der Waals surface area contributed by atoms with Crippen molar-refractivity contribution in [1.29, 1.82) is 0 Å². The van der Waals surface area contributed by atoms with E-state index in [1.165, 1.54) is 0 Å². The number of carbonyl (C=O) groups excluding carboxylic acids is 1. The summed E-state index contributed by atoms with van der Waals surface area (Å²) >= 11 is 5.75. The summed E-state index contributed by atoms with van der Waals surface area (Å²) in [5.74, 6) is -2.04. The molecule has 2 fully saturated rings. The van der Waals surface area contributed by atoms with Crippen molar-refractivity contribution in [3.8, 4) is 0 Å². The van der Waals surface area contributed by atoms with Crippen LogP contribution < -0.4 is 10.6 Å². The molecule has 3 nitrogen and oxygen atoms in total.